The highest BCUT2D eigenvalue weighted by Gasteiger charge is 2.30. The summed E-state index contributed by atoms with van der Waals surface area (Å²) in [5.74, 6) is 0.795. The van der Waals surface area contributed by atoms with E-state index in [4.69, 9.17) is 4.74 Å². The second kappa shape index (κ2) is 10.0. The number of nitrogens with one attached hydrogen (secondary N) is 1. The molecule has 0 radical (unpaired) electrons. The molecule has 0 unspecified atom stereocenters. The first-order valence-electron chi connectivity index (χ1n) is 11.4. The fraction of sp³-hybridized carbons (Fsp3) is 0.480. The number of likely N-dealkylation sites (tertiary alicyclic amines) is 2. The molecule has 32 heavy (non-hydrogen) atoms. The first-order valence-corrected chi connectivity index (χ1v) is 11.4. The molecule has 7 heteroatoms. The van der Waals surface area contributed by atoms with Crippen LogP contribution in [0.2, 0.25) is 0 Å². The third kappa shape index (κ3) is 4.87. The number of benzene rings is 2. The van der Waals surface area contributed by atoms with E-state index in [0.717, 1.165) is 41.5 Å². The maximum atomic E-state index is 12.9. The van der Waals surface area contributed by atoms with Gasteiger partial charge in [-0.05, 0) is 36.1 Å². The maximum absolute atomic E-state index is 12.9. The SMILES string of the molecule is COc1ccc2ccccc2c1CNC(=O)[C@H]1CCC(=O)N(CCCN2CCCC2=O)C1. The Labute approximate surface area is 188 Å². The summed E-state index contributed by atoms with van der Waals surface area (Å²) in [5.41, 5.74) is 0.956. The standard InChI is InChI=1S/C25H31N3O4/c1-32-22-11-9-18-6-2-3-7-20(18)21(22)16-26-25(31)19-10-12-24(30)28(17-19)15-5-14-27-13-4-8-23(27)29/h2-3,6-7,9,11,19H,4-5,8,10,12-17H2,1H3,(H,26,31)/t19-/m0/s1. The number of methoxy groups -OCH3 is 1. The quantitative estimate of drug-likeness (QED) is 0.689. The van der Waals surface area contributed by atoms with Crippen LogP contribution in [0, 0.1) is 5.92 Å². The van der Waals surface area contributed by atoms with Crippen LogP contribution in [0.4, 0.5) is 0 Å². The van der Waals surface area contributed by atoms with Crippen molar-refractivity contribution in [1.29, 1.82) is 0 Å². The van der Waals surface area contributed by atoms with Crippen LogP contribution in [-0.2, 0) is 20.9 Å². The fourth-order valence-electron chi connectivity index (χ4n) is 4.75. The molecule has 0 aromatic heterocycles. The van der Waals surface area contributed by atoms with Crippen molar-refractivity contribution in [2.24, 2.45) is 5.92 Å². The van der Waals surface area contributed by atoms with E-state index >= 15 is 0 Å². The van der Waals surface area contributed by atoms with Gasteiger partial charge in [-0.3, -0.25) is 14.4 Å². The smallest absolute Gasteiger partial charge is 0.225 e. The normalized spacial score (nSPS) is 19.0. The molecular formula is C25H31N3O4. The van der Waals surface area contributed by atoms with Crippen molar-refractivity contribution in [3.05, 3.63) is 42.0 Å². The molecule has 0 spiro atoms. The summed E-state index contributed by atoms with van der Waals surface area (Å²) in [6.07, 6.45) is 3.26. The van der Waals surface area contributed by atoms with Gasteiger partial charge in [-0.2, -0.15) is 0 Å². The molecule has 2 saturated heterocycles. The lowest BCUT2D eigenvalue weighted by Gasteiger charge is -2.32. The number of carbonyl (C=O) groups is 3. The molecule has 2 fully saturated rings. The van der Waals surface area contributed by atoms with Crippen LogP contribution in [0.3, 0.4) is 0 Å². The van der Waals surface area contributed by atoms with Gasteiger partial charge in [0.25, 0.3) is 0 Å². The lowest BCUT2D eigenvalue weighted by atomic mass is 9.96. The summed E-state index contributed by atoms with van der Waals surface area (Å²) in [6.45, 7) is 2.90. The predicted octanol–water partition coefficient (Wildman–Crippen LogP) is 2.72. The van der Waals surface area contributed by atoms with Crippen molar-refractivity contribution < 1.29 is 19.1 Å². The zero-order valence-electron chi connectivity index (χ0n) is 18.6. The number of hydrogen-bond donors (Lipinski definition) is 1. The molecule has 4 rings (SSSR count). The van der Waals surface area contributed by atoms with Crippen molar-refractivity contribution in [2.45, 2.75) is 38.6 Å². The van der Waals surface area contributed by atoms with E-state index in [2.05, 4.69) is 5.32 Å². The van der Waals surface area contributed by atoms with Crippen molar-refractivity contribution in [3.63, 3.8) is 0 Å². The Bertz CT molecular complexity index is 1010. The van der Waals surface area contributed by atoms with Crippen molar-refractivity contribution in [1.82, 2.24) is 15.1 Å². The van der Waals surface area contributed by atoms with E-state index in [1.54, 1.807) is 12.0 Å². The summed E-state index contributed by atoms with van der Waals surface area (Å²) >= 11 is 0. The highest BCUT2D eigenvalue weighted by molar-refractivity contribution is 5.89. The summed E-state index contributed by atoms with van der Waals surface area (Å²) in [5, 5.41) is 5.23. The van der Waals surface area contributed by atoms with Crippen LogP contribution >= 0.6 is 0 Å². The van der Waals surface area contributed by atoms with E-state index in [9.17, 15) is 14.4 Å². The first-order chi connectivity index (χ1) is 15.6. The number of hydrogen-bond acceptors (Lipinski definition) is 4. The largest absolute Gasteiger partial charge is 0.496 e. The zero-order valence-corrected chi connectivity index (χ0v) is 18.6. The Kier molecular flexibility index (Phi) is 6.93. The number of carbonyl (C=O) groups excluding carboxylic acids is 3. The molecule has 0 saturated carbocycles. The van der Waals surface area contributed by atoms with E-state index in [1.165, 1.54) is 0 Å². The minimum absolute atomic E-state index is 0.0350. The lowest BCUT2D eigenvalue weighted by molar-refractivity contribution is -0.138. The number of rotatable bonds is 8. The molecule has 1 N–H and O–H groups in total. The van der Waals surface area contributed by atoms with Crippen LogP contribution < -0.4 is 10.1 Å². The van der Waals surface area contributed by atoms with Gasteiger partial charge in [-0.1, -0.05) is 30.3 Å². The Hall–Kier alpha value is -3.09. The summed E-state index contributed by atoms with van der Waals surface area (Å²) in [7, 11) is 1.63. The van der Waals surface area contributed by atoms with Gasteiger partial charge < -0.3 is 19.9 Å². The van der Waals surface area contributed by atoms with Crippen LogP contribution in [0.5, 0.6) is 5.75 Å². The Morgan fingerprint density at radius 1 is 1.06 bits per heavy atom. The number of amides is 3. The molecule has 2 heterocycles. The monoisotopic (exact) mass is 437 g/mol. The average molecular weight is 438 g/mol. The minimum Gasteiger partial charge on any atom is -0.496 e. The first kappa shape index (κ1) is 22.1. The Morgan fingerprint density at radius 2 is 1.84 bits per heavy atom. The molecule has 2 aliphatic rings. The van der Waals surface area contributed by atoms with Crippen LogP contribution in [0.15, 0.2) is 36.4 Å². The van der Waals surface area contributed by atoms with Crippen molar-refractivity contribution in [2.75, 3.05) is 33.3 Å². The number of piperidine rings is 1. The van der Waals surface area contributed by atoms with Gasteiger partial charge in [0.2, 0.25) is 17.7 Å². The van der Waals surface area contributed by atoms with Crippen molar-refractivity contribution in [3.8, 4) is 5.75 Å². The highest BCUT2D eigenvalue weighted by Crippen LogP contribution is 2.28. The van der Waals surface area contributed by atoms with E-state index in [1.807, 2.05) is 41.3 Å². The topological polar surface area (TPSA) is 79.0 Å². The zero-order chi connectivity index (χ0) is 22.5. The summed E-state index contributed by atoms with van der Waals surface area (Å²) in [4.78, 5) is 40.7. The Balaban J connectivity index is 1.34. The third-order valence-electron chi connectivity index (χ3n) is 6.56. The highest BCUT2D eigenvalue weighted by atomic mass is 16.5. The van der Waals surface area contributed by atoms with Crippen molar-refractivity contribution >= 4 is 28.5 Å². The summed E-state index contributed by atoms with van der Waals surface area (Å²) < 4.78 is 5.52. The van der Waals surface area contributed by atoms with Crippen LogP contribution in [0.25, 0.3) is 10.8 Å². The van der Waals surface area contributed by atoms with Gasteiger partial charge >= 0.3 is 0 Å². The summed E-state index contributed by atoms with van der Waals surface area (Å²) in [6, 6.07) is 12.0. The molecule has 2 aromatic carbocycles. The van der Waals surface area contributed by atoms with Crippen LogP contribution in [0.1, 0.15) is 37.7 Å². The Morgan fingerprint density at radius 3 is 2.62 bits per heavy atom. The predicted molar refractivity (Wildman–Crippen MR) is 122 cm³/mol. The van der Waals surface area contributed by atoms with E-state index < -0.39 is 0 Å². The van der Waals surface area contributed by atoms with E-state index in [-0.39, 0.29) is 23.6 Å². The number of ether oxygens (including phenoxy) is 1. The molecule has 0 bridgehead atoms. The molecule has 1 atom stereocenters. The second-order valence-corrected chi connectivity index (χ2v) is 8.60. The maximum Gasteiger partial charge on any atom is 0.225 e. The van der Waals surface area contributed by atoms with Gasteiger partial charge in [-0.25, -0.2) is 0 Å². The number of fused-ring (bicyclic) bond motifs is 1. The third-order valence-corrected chi connectivity index (χ3v) is 6.56. The van der Waals surface area contributed by atoms with E-state index in [0.29, 0.717) is 45.4 Å². The second-order valence-electron chi connectivity index (χ2n) is 8.60. The molecule has 2 aromatic rings. The molecule has 2 aliphatic heterocycles. The van der Waals surface area contributed by atoms with Gasteiger partial charge in [-0.15, -0.1) is 0 Å². The van der Waals surface area contributed by atoms with Crippen LogP contribution in [-0.4, -0.2) is 60.8 Å². The fourth-order valence-corrected chi connectivity index (χ4v) is 4.75. The van der Waals surface area contributed by atoms with Gasteiger partial charge in [0.1, 0.15) is 5.75 Å². The molecule has 0 aliphatic carbocycles. The van der Waals surface area contributed by atoms with Gasteiger partial charge in [0.15, 0.2) is 0 Å². The number of nitrogens with zero attached hydrogens (tertiary/aromatic N) is 2. The molecule has 170 valence electrons. The molecule has 7 nitrogen and oxygen atoms in total. The van der Waals surface area contributed by atoms with Gasteiger partial charge in [0, 0.05) is 51.1 Å². The van der Waals surface area contributed by atoms with Gasteiger partial charge in [0.05, 0.1) is 13.0 Å². The molecular weight excluding hydrogens is 406 g/mol. The average Bonchev–Trinajstić information content (AvgIpc) is 3.22. The minimum atomic E-state index is -0.220. The molecule has 3 amide bonds. The lowest BCUT2D eigenvalue weighted by Crippen LogP contribution is -2.46.